The highest BCUT2D eigenvalue weighted by Crippen LogP contribution is 2.16. The first-order valence-electron chi connectivity index (χ1n) is 6.81. The molecule has 1 aliphatic heterocycles. The van der Waals surface area contributed by atoms with Crippen molar-refractivity contribution in [3.63, 3.8) is 0 Å². The zero-order valence-electron chi connectivity index (χ0n) is 11.8. The SMILES string of the molecule is Cc1ccc(C(N)CN2CCN(C)CC2C)cc1. The Kier molecular flexibility index (Phi) is 4.38. The molecule has 1 heterocycles. The lowest BCUT2D eigenvalue weighted by Gasteiger charge is -2.39. The molecule has 0 aliphatic carbocycles. The highest BCUT2D eigenvalue weighted by atomic mass is 15.3. The van der Waals surface area contributed by atoms with Crippen molar-refractivity contribution >= 4 is 0 Å². The summed E-state index contributed by atoms with van der Waals surface area (Å²) in [6.07, 6.45) is 0. The van der Waals surface area contributed by atoms with Gasteiger partial charge in [-0.1, -0.05) is 29.8 Å². The highest BCUT2D eigenvalue weighted by Gasteiger charge is 2.23. The average Bonchev–Trinajstić information content (AvgIpc) is 2.33. The Morgan fingerprint density at radius 2 is 1.94 bits per heavy atom. The fraction of sp³-hybridized carbons (Fsp3) is 0.600. The highest BCUT2D eigenvalue weighted by molar-refractivity contribution is 5.24. The molecule has 100 valence electrons. The molecule has 1 aromatic carbocycles. The fourth-order valence-corrected chi connectivity index (χ4v) is 2.62. The molecule has 0 radical (unpaired) electrons. The zero-order valence-corrected chi connectivity index (χ0v) is 11.8. The zero-order chi connectivity index (χ0) is 13.1. The molecule has 0 spiro atoms. The van der Waals surface area contributed by atoms with Gasteiger partial charge in [-0.3, -0.25) is 4.90 Å². The van der Waals surface area contributed by atoms with Gasteiger partial charge in [0.1, 0.15) is 0 Å². The Morgan fingerprint density at radius 1 is 1.28 bits per heavy atom. The number of hydrogen-bond donors (Lipinski definition) is 1. The van der Waals surface area contributed by atoms with Crippen molar-refractivity contribution in [2.75, 3.05) is 33.2 Å². The van der Waals surface area contributed by atoms with Crippen molar-refractivity contribution in [2.24, 2.45) is 5.73 Å². The van der Waals surface area contributed by atoms with Crippen LogP contribution in [0.15, 0.2) is 24.3 Å². The molecule has 1 fully saturated rings. The number of likely N-dealkylation sites (N-methyl/N-ethyl adjacent to an activating group) is 1. The van der Waals surface area contributed by atoms with Crippen LogP contribution in [-0.2, 0) is 0 Å². The lowest BCUT2D eigenvalue weighted by atomic mass is 10.0. The molecule has 3 heteroatoms. The summed E-state index contributed by atoms with van der Waals surface area (Å²) in [7, 11) is 2.19. The molecular weight excluding hydrogens is 222 g/mol. The first-order valence-corrected chi connectivity index (χ1v) is 6.81. The molecule has 1 saturated heterocycles. The molecule has 0 bridgehead atoms. The monoisotopic (exact) mass is 247 g/mol. The summed E-state index contributed by atoms with van der Waals surface area (Å²) in [5.41, 5.74) is 8.85. The molecule has 2 atom stereocenters. The molecule has 1 aromatic rings. The van der Waals surface area contributed by atoms with Crippen LogP contribution in [0.5, 0.6) is 0 Å². The number of benzene rings is 1. The van der Waals surface area contributed by atoms with E-state index < -0.39 is 0 Å². The van der Waals surface area contributed by atoms with Crippen LogP contribution in [0.1, 0.15) is 24.1 Å². The van der Waals surface area contributed by atoms with Gasteiger partial charge in [-0.15, -0.1) is 0 Å². The second-order valence-corrected chi connectivity index (χ2v) is 5.62. The van der Waals surface area contributed by atoms with E-state index in [2.05, 4.69) is 55.0 Å². The standard InChI is InChI=1S/C15H25N3/c1-12-4-6-14(7-5-12)15(16)11-18-9-8-17(3)10-13(18)2/h4-7,13,15H,8-11,16H2,1-3H3. The quantitative estimate of drug-likeness (QED) is 0.881. The summed E-state index contributed by atoms with van der Waals surface area (Å²) < 4.78 is 0. The second kappa shape index (κ2) is 5.83. The van der Waals surface area contributed by atoms with Gasteiger partial charge in [-0.2, -0.15) is 0 Å². The molecule has 2 rings (SSSR count). The second-order valence-electron chi connectivity index (χ2n) is 5.62. The predicted octanol–water partition coefficient (Wildman–Crippen LogP) is 1.63. The third kappa shape index (κ3) is 3.31. The smallest absolute Gasteiger partial charge is 0.0424 e. The van der Waals surface area contributed by atoms with Gasteiger partial charge in [0, 0.05) is 38.3 Å². The van der Waals surface area contributed by atoms with Gasteiger partial charge < -0.3 is 10.6 Å². The Hall–Kier alpha value is -0.900. The fourth-order valence-electron chi connectivity index (χ4n) is 2.62. The van der Waals surface area contributed by atoms with Crippen LogP contribution in [-0.4, -0.2) is 49.1 Å². The molecule has 1 aliphatic rings. The summed E-state index contributed by atoms with van der Waals surface area (Å²) in [5.74, 6) is 0. The maximum absolute atomic E-state index is 6.32. The molecule has 0 aromatic heterocycles. The Morgan fingerprint density at radius 3 is 2.56 bits per heavy atom. The van der Waals surface area contributed by atoms with Gasteiger partial charge in [-0.05, 0) is 26.5 Å². The van der Waals surface area contributed by atoms with E-state index in [0.717, 1.165) is 26.2 Å². The molecule has 0 saturated carbocycles. The minimum atomic E-state index is 0.122. The Labute approximate surface area is 111 Å². The summed E-state index contributed by atoms with van der Waals surface area (Å²) in [5, 5.41) is 0. The summed E-state index contributed by atoms with van der Waals surface area (Å²) >= 11 is 0. The van der Waals surface area contributed by atoms with Crippen molar-refractivity contribution < 1.29 is 0 Å². The number of nitrogens with zero attached hydrogens (tertiary/aromatic N) is 2. The number of piperazine rings is 1. The van der Waals surface area contributed by atoms with E-state index in [1.54, 1.807) is 0 Å². The maximum atomic E-state index is 6.32. The van der Waals surface area contributed by atoms with Crippen LogP contribution >= 0.6 is 0 Å². The van der Waals surface area contributed by atoms with Gasteiger partial charge >= 0.3 is 0 Å². The van der Waals surface area contributed by atoms with Gasteiger partial charge in [0.05, 0.1) is 0 Å². The van der Waals surface area contributed by atoms with Crippen molar-refractivity contribution in [1.82, 2.24) is 9.80 Å². The van der Waals surface area contributed by atoms with Crippen LogP contribution in [0.4, 0.5) is 0 Å². The largest absolute Gasteiger partial charge is 0.323 e. The van der Waals surface area contributed by atoms with E-state index in [-0.39, 0.29) is 6.04 Å². The number of rotatable bonds is 3. The van der Waals surface area contributed by atoms with E-state index in [1.807, 2.05) is 0 Å². The van der Waals surface area contributed by atoms with E-state index in [4.69, 9.17) is 5.73 Å². The molecule has 2 N–H and O–H groups in total. The normalized spacial score (nSPS) is 24.1. The van der Waals surface area contributed by atoms with Crippen LogP contribution in [0, 0.1) is 6.92 Å². The van der Waals surface area contributed by atoms with E-state index in [1.165, 1.54) is 11.1 Å². The molecular formula is C15H25N3. The van der Waals surface area contributed by atoms with Crippen LogP contribution in [0.3, 0.4) is 0 Å². The molecule has 2 unspecified atom stereocenters. The van der Waals surface area contributed by atoms with Crippen LogP contribution in [0.25, 0.3) is 0 Å². The minimum Gasteiger partial charge on any atom is -0.323 e. The van der Waals surface area contributed by atoms with E-state index >= 15 is 0 Å². The van der Waals surface area contributed by atoms with Crippen molar-refractivity contribution in [3.8, 4) is 0 Å². The number of nitrogens with two attached hydrogens (primary N) is 1. The third-order valence-electron chi connectivity index (χ3n) is 3.90. The summed E-state index contributed by atoms with van der Waals surface area (Å²) in [6, 6.07) is 9.31. The first kappa shape index (κ1) is 13.5. The average molecular weight is 247 g/mol. The molecule has 0 amide bonds. The minimum absolute atomic E-state index is 0.122. The van der Waals surface area contributed by atoms with Gasteiger partial charge in [0.2, 0.25) is 0 Å². The topological polar surface area (TPSA) is 32.5 Å². The lowest BCUT2D eigenvalue weighted by Crippen LogP contribution is -2.52. The van der Waals surface area contributed by atoms with Crippen molar-refractivity contribution in [3.05, 3.63) is 35.4 Å². The molecule has 18 heavy (non-hydrogen) atoms. The molecule has 3 nitrogen and oxygen atoms in total. The van der Waals surface area contributed by atoms with Crippen LogP contribution in [0.2, 0.25) is 0 Å². The maximum Gasteiger partial charge on any atom is 0.0424 e. The number of hydrogen-bond acceptors (Lipinski definition) is 3. The lowest BCUT2D eigenvalue weighted by molar-refractivity contribution is 0.0945. The predicted molar refractivity (Wildman–Crippen MR) is 76.6 cm³/mol. The van der Waals surface area contributed by atoms with E-state index in [0.29, 0.717) is 6.04 Å². The summed E-state index contributed by atoms with van der Waals surface area (Å²) in [6.45, 7) is 8.76. The van der Waals surface area contributed by atoms with Crippen molar-refractivity contribution in [2.45, 2.75) is 25.9 Å². The van der Waals surface area contributed by atoms with Gasteiger partial charge in [0.15, 0.2) is 0 Å². The first-order chi connectivity index (χ1) is 8.56. The van der Waals surface area contributed by atoms with Gasteiger partial charge in [0.25, 0.3) is 0 Å². The third-order valence-corrected chi connectivity index (χ3v) is 3.90. The summed E-state index contributed by atoms with van der Waals surface area (Å²) in [4.78, 5) is 4.89. The van der Waals surface area contributed by atoms with Gasteiger partial charge in [-0.25, -0.2) is 0 Å². The number of aryl methyl sites for hydroxylation is 1. The van der Waals surface area contributed by atoms with E-state index in [9.17, 15) is 0 Å². The Bertz CT molecular complexity index is 374. The van der Waals surface area contributed by atoms with Crippen molar-refractivity contribution in [1.29, 1.82) is 0 Å². The van der Waals surface area contributed by atoms with Crippen LogP contribution < -0.4 is 5.73 Å². The Balaban J connectivity index is 1.94.